The van der Waals surface area contributed by atoms with E-state index in [1.807, 2.05) is 12.2 Å². The summed E-state index contributed by atoms with van der Waals surface area (Å²) in [6, 6.07) is 2.09. The van der Waals surface area contributed by atoms with E-state index < -0.39 is 0 Å². The van der Waals surface area contributed by atoms with E-state index in [2.05, 4.69) is 18.7 Å². The first-order chi connectivity index (χ1) is 6.41. The van der Waals surface area contributed by atoms with Gasteiger partial charge in [-0.15, -0.1) is 6.58 Å². The first kappa shape index (κ1) is 12.0. The second kappa shape index (κ2) is 11.0. The Morgan fingerprint density at radius 3 is 2.31 bits per heavy atom. The van der Waals surface area contributed by atoms with Gasteiger partial charge in [-0.05, 0) is 25.7 Å². The maximum absolute atomic E-state index is 8.26. The molecule has 0 saturated heterocycles. The van der Waals surface area contributed by atoms with Crippen molar-refractivity contribution in [2.75, 3.05) is 0 Å². The van der Waals surface area contributed by atoms with Gasteiger partial charge in [-0.2, -0.15) is 5.26 Å². The summed E-state index contributed by atoms with van der Waals surface area (Å²) in [5, 5.41) is 8.26. The van der Waals surface area contributed by atoms with Crippen LogP contribution in [0.5, 0.6) is 0 Å². The minimum atomic E-state index is 0.552. The van der Waals surface area contributed by atoms with Gasteiger partial charge in [-0.1, -0.05) is 31.1 Å². The zero-order valence-electron chi connectivity index (χ0n) is 8.34. The summed E-state index contributed by atoms with van der Waals surface area (Å²) in [7, 11) is 0. The third-order valence-electron chi connectivity index (χ3n) is 1.90. The molecule has 0 unspecified atom stereocenters. The standard InChI is InChI=1S/C12H19N/c1-2-3-4-5-6-7-8-9-10-11-12-13/h2,9-10H,1,3-8,11H2/b10-9+. The normalized spacial score (nSPS) is 10.1. The highest BCUT2D eigenvalue weighted by Crippen LogP contribution is 2.05. The molecule has 0 aromatic carbocycles. The van der Waals surface area contributed by atoms with Crippen LogP contribution in [0, 0.1) is 11.3 Å². The zero-order chi connectivity index (χ0) is 9.78. The molecular weight excluding hydrogens is 158 g/mol. The lowest BCUT2D eigenvalue weighted by Gasteiger charge is -1.95. The molecular formula is C12H19N. The molecule has 0 amide bonds. The molecule has 0 rings (SSSR count). The average molecular weight is 177 g/mol. The molecule has 0 aliphatic heterocycles. The predicted octanol–water partition coefficient (Wildman–Crippen LogP) is 3.98. The summed E-state index contributed by atoms with van der Waals surface area (Å²) in [6.45, 7) is 3.69. The molecule has 0 aliphatic rings. The fraction of sp³-hybridized carbons (Fsp3) is 0.583. The Bertz CT molecular complexity index is 174. The van der Waals surface area contributed by atoms with Crippen LogP contribution in [0.2, 0.25) is 0 Å². The Hall–Kier alpha value is -1.03. The third-order valence-corrected chi connectivity index (χ3v) is 1.90. The SMILES string of the molecule is C=CCCCCCC/C=C/CC#N. The molecule has 0 heterocycles. The molecule has 0 aromatic rings. The van der Waals surface area contributed by atoms with Gasteiger partial charge in [-0.25, -0.2) is 0 Å². The lowest BCUT2D eigenvalue weighted by Crippen LogP contribution is -1.76. The van der Waals surface area contributed by atoms with Gasteiger partial charge in [0, 0.05) is 0 Å². The number of nitrogens with zero attached hydrogens (tertiary/aromatic N) is 1. The Kier molecular flexibility index (Phi) is 10.1. The molecule has 0 aliphatic carbocycles. The Balaban J connectivity index is 2.99. The molecule has 0 atom stereocenters. The van der Waals surface area contributed by atoms with Crippen LogP contribution in [0.1, 0.15) is 44.9 Å². The van der Waals surface area contributed by atoms with Gasteiger partial charge in [0.1, 0.15) is 0 Å². The van der Waals surface area contributed by atoms with E-state index in [1.165, 1.54) is 25.7 Å². The first-order valence-electron chi connectivity index (χ1n) is 5.04. The quantitative estimate of drug-likeness (QED) is 0.406. The number of allylic oxidation sites excluding steroid dienone is 3. The number of hydrogen-bond donors (Lipinski definition) is 0. The van der Waals surface area contributed by atoms with Gasteiger partial charge in [0.25, 0.3) is 0 Å². The molecule has 1 nitrogen and oxygen atoms in total. The maximum Gasteiger partial charge on any atom is 0.0663 e. The molecule has 0 spiro atoms. The highest BCUT2D eigenvalue weighted by Gasteiger charge is 1.86. The summed E-state index contributed by atoms with van der Waals surface area (Å²) in [4.78, 5) is 0. The van der Waals surface area contributed by atoms with Gasteiger partial charge >= 0.3 is 0 Å². The van der Waals surface area contributed by atoms with Gasteiger partial charge in [-0.3, -0.25) is 0 Å². The van der Waals surface area contributed by atoms with Crippen LogP contribution in [0.3, 0.4) is 0 Å². The maximum atomic E-state index is 8.26. The lowest BCUT2D eigenvalue weighted by molar-refractivity contribution is 0.652. The summed E-state index contributed by atoms with van der Waals surface area (Å²) < 4.78 is 0. The largest absolute Gasteiger partial charge is 0.198 e. The van der Waals surface area contributed by atoms with Crippen LogP contribution in [0.15, 0.2) is 24.8 Å². The van der Waals surface area contributed by atoms with Crippen LogP contribution in [0.25, 0.3) is 0 Å². The van der Waals surface area contributed by atoms with Gasteiger partial charge < -0.3 is 0 Å². The van der Waals surface area contributed by atoms with Crippen LogP contribution in [-0.4, -0.2) is 0 Å². The van der Waals surface area contributed by atoms with Crippen LogP contribution >= 0.6 is 0 Å². The van der Waals surface area contributed by atoms with Crippen molar-refractivity contribution in [2.45, 2.75) is 44.9 Å². The van der Waals surface area contributed by atoms with E-state index in [9.17, 15) is 0 Å². The van der Waals surface area contributed by atoms with Crippen molar-refractivity contribution in [1.82, 2.24) is 0 Å². The van der Waals surface area contributed by atoms with Crippen molar-refractivity contribution in [2.24, 2.45) is 0 Å². The number of unbranched alkanes of at least 4 members (excludes halogenated alkanes) is 5. The number of nitriles is 1. The van der Waals surface area contributed by atoms with Gasteiger partial charge in [0.05, 0.1) is 12.5 Å². The monoisotopic (exact) mass is 177 g/mol. The summed E-state index contributed by atoms with van der Waals surface area (Å²) in [5.41, 5.74) is 0. The Morgan fingerprint density at radius 1 is 1.00 bits per heavy atom. The summed E-state index contributed by atoms with van der Waals surface area (Å²) in [5.74, 6) is 0. The van der Waals surface area contributed by atoms with Crippen molar-refractivity contribution >= 4 is 0 Å². The molecule has 0 N–H and O–H groups in total. The second-order valence-corrected chi connectivity index (χ2v) is 3.11. The zero-order valence-corrected chi connectivity index (χ0v) is 8.34. The Morgan fingerprint density at radius 2 is 1.69 bits per heavy atom. The minimum Gasteiger partial charge on any atom is -0.198 e. The molecule has 0 bridgehead atoms. The van der Waals surface area contributed by atoms with E-state index >= 15 is 0 Å². The topological polar surface area (TPSA) is 23.8 Å². The third kappa shape index (κ3) is 11.0. The second-order valence-electron chi connectivity index (χ2n) is 3.11. The summed E-state index contributed by atoms with van der Waals surface area (Å²) >= 11 is 0. The predicted molar refractivity (Wildman–Crippen MR) is 57.3 cm³/mol. The minimum absolute atomic E-state index is 0.552. The molecule has 0 aromatic heterocycles. The van der Waals surface area contributed by atoms with E-state index in [0.717, 1.165) is 12.8 Å². The van der Waals surface area contributed by atoms with Crippen molar-refractivity contribution < 1.29 is 0 Å². The van der Waals surface area contributed by atoms with Crippen LogP contribution < -0.4 is 0 Å². The lowest BCUT2D eigenvalue weighted by atomic mass is 10.1. The fourth-order valence-electron chi connectivity index (χ4n) is 1.16. The average Bonchev–Trinajstić information content (AvgIpc) is 2.16. The summed E-state index contributed by atoms with van der Waals surface area (Å²) in [6.07, 6.45) is 14.0. The molecule has 0 saturated carbocycles. The smallest absolute Gasteiger partial charge is 0.0663 e. The highest BCUT2D eigenvalue weighted by molar-refractivity contribution is 4.90. The van der Waals surface area contributed by atoms with Crippen molar-refractivity contribution in [3.05, 3.63) is 24.8 Å². The number of hydrogen-bond acceptors (Lipinski definition) is 1. The first-order valence-corrected chi connectivity index (χ1v) is 5.04. The molecule has 0 fully saturated rings. The van der Waals surface area contributed by atoms with Crippen molar-refractivity contribution in [3.63, 3.8) is 0 Å². The molecule has 13 heavy (non-hydrogen) atoms. The van der Waals surface area contributed by atoms with E-state index in [-0.39, 0.29) is 0 Å². The van der Waals surface area contributed by atoms with Crippen LogP contribution in [0.4, 0.5) is 0 Å². The van der Waals surface area contributed by atoms with Crippen molar-refractivity contribution in [1.29, 1.82) is 5.26 Å². The van der Waals surface area contributed by atoms with Crippen molar-refractivity contribution in [3.8, 4) is 6.07 Å². The van der Waals surface area contributed by atoms with E-state index in [1.54, 1.807) is 0 Å². The molecule has 0 radical (unpaired) electrons. The number of rotatable bonds is 8. The highest BCUT2D eigenvalue weighted by atomic mass is 14.2. The van der Waals surface area contributed by atoms with Gasteiger partial charge in [0.2, 0.25) is 0 Å². The van der Waals surface area contributed by atoms with Crippen LogP contribution in [-0.2, 0) is 0 Å². The van der Waals surface area contributed by atoms with E-state index in [0.29, 0.717) is 6.42 Å². The molecule has 1 heteroatoms. The fourth-order valence-corrected chi connectivity index (χ4v) is 1.16. The van der Waals surface area contributed by atoms with Gasteiger partial charge in [0.15, 0.2) is 0 Å². The van der Waals surface area contributed by atoms with E-state index in [4.69, 9.17) is 5.26 Å². The Labute approximate surface area is 81.8 Å². The molecule has 72 valence electrons.